The van der Waals surface area contributed by atoms with Crippen LogP contribution in [-0.2, 0) is 13.6 Å². The summed E-state index contributed by atoms with van der Waals surface area (Å²) in [6.07, 6.45) is 0. The number of halogens is 1. The molecule has 0 atom stereocenters. The van der Waals surface area contributed by atoms with Crippen LogP contribution in [0.5, 0.6) is 5.75 Å². The van der Waals surface area contributed by atoms with Crippen molar-refractivity contribution in [3.63, 3.8) is 0 Å². The maximum absolute atomic E-state index is 13.6. The Labute approximate surface area is 166 Å². The highest BCUT2D eigenvalue weighted by atomic mass is 19.1. The molecule has 2 aromatic heterocycles. The summed E-state index contributed by atoms with van der Waals surface area (Å²) < 4.78 is 15.1. The number of aromatic hydroxyl groups is 1. The number of pyridine rings is 2. The van der Waals surface area contributed by atoms with Gasteiger partial charge in [-0.25, -0.2) is 9.37 Å². The molecule has 7 nitrogen and oxygen atoms in total. The smallest absolute Gasteiger partial charge is 0.252 e. The van der Waals surface area contributed by atoms with Gasteiger partial charge in [-0.05, 0) is 29.8 Å². The molecule has 3 heterocycles. The zero-order valence-electron chi connectivity index (χ0n) is 16.0. The molecule has 0 bridgehead atoms. The highest BCUT2D eigenvalue weighted by Gasteiger charge is 2.21. The van der Waals surface area contributed by atoms with Gasteiger partial charge < -0.3 is 14.6 Å². The van der Waals surface area contributed by atoms with Crippen LogP contribution in [0.2, 0.25) is 0 Å². The number of nitriles is 1. The van der Waals surface area contributed by atoms with E-state index in [0.717, 1.165) is 24.3 Å². The van der Waals surface area contributed by atoms with Crippen molar-refractivity contribution < 1.29 is 9.50 Å². The third-order valence-electron chi connectivity index (χ3n) is 5.31. The van der Waals surface area contributed by atoms with Crippen LogP contribution in [0.1, 0.15) is 11.3 Å². The summed E-state index contributed by atoms with van der Waals surface area (Å²) in [5.41, 5.74) is 3.05. The number of nitrogens with zero attached hydrogens (tertiary/aromatic N) is 5. The maximum Gasteiger partial charge on any atom is 0.252 e. The Bertz CT molecular complexity index is 1180. The second-order valence-electron chi connectivity index (χ2n) is 7.15. The predicted molar refractivity (Wildman–Crippen MR) is 107 cm³/mol. The molecule has 3 aromatic rings. The van der Waals surface area contributed by atoms with Crippen molar-refractivity contribution in [2.24, 2.45) is 7.05 Å². The number of phenols is 1. The molecule has 29 heavy (non-hydrogen) atoms. The van der Waals surface area contributed by atoms with Crippen molar-refractivity contribution in [1.82, 2.24) is 14.5 Å². The van der Waals surface area contributed by atoms with E-state index < -0.39 is 5.82 Å². The Hall–Kier alpha value is -3.44. The second-order valence-corrected chi connectivity index (χ2v) is 7.15. The molecule has 8 heteroatoms. The molecular weight excluding hydrogens is 373 g/mol. The number of benzene rings is 1. The van der Waals surface area contributed by atoms with Gasteiger partial charge in [-0.1, -0.05) is 6.07 Å². The standard InChI is InChI=1S/C21H20FN5O2/c1-25-17-4-3-15(12-23)24-21(17)18(11-20(25)29)27-8-6-26(7-9-27)13-14-2-5-19(28)16(22)10-14/h2-5,10-11,28H,6-9,13H2,1H3. The van der Waals surface area contributed by atoms with E-state index in [9.17, 15) is 19.6 Å². The van der Waals surface area contributed by atoms with E-state index in [4.69, 9.17) is 0 Å². The minimum Gasteiger partial charge on any atom is -0.505 e. The number of anilines is 1. The van der Waals surface area contributed by atoms with Crippen molar-refractivity contribution >= 4 is 16.7 Å². The summed E-state index contributed by atoms with van der Waals surface area (Å²) in [6, 6.07) is 11.4. The minimum absolute atomic E-state index is 0.124. The topological polar surface area (TPSA) is 85.4 Å². The fourth-order valence-electron chi connectivity index (χ4n) is 3.67. The zero-order chi connectivity index (χ0) is 20.5. The van der Waals surface area contributed by atoms with Gasteiger partial charge in [0.05, 0.1) is 11.2 Å². The lowest BCUT2D eigenvalue weighted by molar-refractivity contribution is 0.249. The van der Waals surface area contributed by atoms with E-state index in [-0.39, 0.29) is 11.3 Å². The van der Waals surface area contributed by atoms with Gasteiger partial charge in [0.1, 0.15) is 17.3 Å². The molecule has 0 amide bonds. The summed E-state index contributed by atoms with van der Waals surface area (Å²) >= 11 is 0. The van der Waals surface area contributed by atoms with Gasteiger partial charge in [-0.3, -0.25) is 9.69 Å². The number of phenolic OH excluding ortho intramolecular Hbond substituents is 1. The number of aromatic nitrogens is 2. The lowest BCUT2D eigenvalue weighted by atomic mass is 10.1. The molecule has 1 saturated heterocycles. The van der Waals surface area contributed by atoms with Gasteiger partial charge in [0.2, 0.25) is 0 Å². The van der Waals surface area contributed by atoms with E-state index in [1.165, 1.54) is 16.7 Å². The first-order chi connectivity index (χ1) is 14.0. The molecule has 1 aliphatic rings. The lowest BCUT2D eigenvalue weighted by Gasteiger charge is -2.36. The van der Waals surface area contributed by atoms with Gasteiger partial charge in [-0.2, -0.15) is 5.26 Å². The molecule has 4 rings (SSSR count). The average molecular weight is 393 g/mol. The van der Waals surface area contributed by atoms with Crippen LogP contribution in [-0.4, -0.2) is 45.7 Å². The second kappa shape index (κ2) is 7.53. The SMILES string of the molecule is Cn1c(=O)cc(N2CCN(Cc3ccc(O)c(F)c3)CC2)c2nc(C#N)ccc21. The van der Waals surface area contributed by atoms with Crippen LogP contribution in [0.25, 0.3) is 11.0 Å². The number of hydrogen-bond acceptors (Lipinski definition) is 6. The largest absolute Gasteiger partial charge is 0.505 e. The quantitative estimate of drug-likeness (QED) is 0.732. The van der Waals surface area contributed by atoms with Crippen LogP contribution in [0, 0.1) is 17.1 Å². The first-order valence-electron chi connectivity index (χ1n) is 9.32. The highest BCUT2D eigenvalue weighted by molar-refractivity contribution is 5.88. The van der Waals surface area contributed by atoms with Crippen molar-refractivity contribution in [3.05, 3.63) is 63.8 Å². The molecule has 0 spiro atoms. The number of fused-ring (bicyclic) bond motifs is 1. The molecule has 0 aliphatic carbocycles. The fourth-order valence-corrected chi connectivity index (χ4v) is 3.67. The predicted octanol–water partition coefficient (Wildman–Crippen LogP) is 1.97. The van der Waals surface area contributed by atoms with E-state index >= 15 is 0 Å². The number of aryl methyl sites for hydroxylation is 1. The van der Waals surface area contributed by atoms with E-state index in [0.29, 0.717) is 36.4 Å². The van der Waals surface area contributed by atoms with Gasteiger partial charge in [-0.15, -0.1) is 0 Å². The molecule has 0 unspecified atom stereocenters. The molecule has 148 valence electrons. The number of piperazine rings is 1. The minimum atomic E-state index is -0.618. The van der Waals surface area contributed by atoms with E-state index in [2.05, 4.69) is 20.9 Å². The Morgan fingerprint density at radius 3 is 2.62 bits per heavy atom. The summed E-state index contributed by atoms with van der Waals surface area (Å²) in [5.74, 6) is -0.965. The monoisotopic (exact) mass is 393 g/mol. The summed E-state index contributed by atoms with van der Waals surface area (Å²) in [5, 5.41) is 18.5. The molecule has 1 aliphatic heterocycles. The molecule has 1 N–H and O–H groups in total. The molecular formula is C21H20FN5O2. The molecule has 0 radical (unpaired) electrons. The Balaban J connectivity index is 1.56. The normalized spacial score (nSPS) is 14.9. The average Bonchev–Trinajstić information content (AvgIpc) is 2.73. The molecule has 1 aromatic carbocycles. The van der Waals surface area contributed by atoms with Crippen LogP contribution < -0.4 is 10.5 Å². The van der Waals surface area contributed by atoms with Crippen molar-refractivity contribution in [2.45, 2.75) is 6.54 Å². The van der Waals surface area contributed by atoms with Gasteiger partial charge in [0, 0.05) is 45.8 Å². The molecule has 0 saturated carbocycles. The Kier molecular flexibility index (Phi) is 4.91. The number of rotatable bonds is 3. The van der Waals surface area contributed by atoms with Crippen LogP contribution in [0.15, 0.2) is 41.2 Å². The van der Waals surface area contributed by atoms with E-state index in [1.807, 2.05) is 0 Å². The maximum atomic E-state index is 13.6. The van der Waals surface area contributed by atoms with Crippen molar-refractivity contribution in [3.8, 4) is 11.8 Å². The third kappa shape index (κ3) is 3.65. The van der Waals surface area contributed by atoms with Crippen LogP contribution >= 0.6 is 0 Å². The third-order valence-corrected chi connectivity index (χ3v) is 5.31. The van der Waals surface area contributed by atoms with E-state index in [1.54, 1.807) is 31.3 Å². The van der Waals surface area contributed by atoms with Crippen molar-refractivity contribution in [2.75, 3.05) is 31.1 Å². The summed E-state index contributed by atoms with van der Waals surface area (Å²) in [6.45, 7) is 3.41. The van der Waals surface area contributed by atoms with Gasteiger partial charge >= 0.3 is 0 Å². The highest BCUT2D eigenvalue weighted by Crippen LogP contribution is 2.25. The number of hydrogen-bond donors (Lipinski definition) is 1. The summed E-state index contributed by atoms with van der Waals surface area (Å²) in [4.78, 5) is 21.1. The molecule has 1 fully saturated rings. The Morgan fingerprint density at radius 2 is 1.93 bits per heavy atom. The van der Waals surface area contributed by atoms with Gasteiger partial charge in [0.15, 0.2) is 11.6 Å². The fraction of sp³-hybridized carbons (Fsp3) is 0.286. The van der Waals surface area contributed by atoms with Gasteiger partial charge in [0.25, 0.3) is 5.56 Å². The van der Waals surface area contributed by atoms with Crippen LogP contribution in [0.4, 0.5) is 10.1 Å². The summed E-state index contributed by atoms with van der Waals surface area (Å²) in [7, 11) is 1.69. The zero-order valence-corrected chi connectivity index (χ0v) is 16.0. The first-order valence-corrected chi connectivity index (χ1v) is 9.32. The van der Waals surface area contributed by atoms with Crippen molar-refractivity contribution in [1.29, 1.82) is 5.26 Å². The first kappa shape index (κ1) is 18.9. The lowest BCUT2D eigenvalue weighted by Crippen LogP contribution is -2.46. The Morgan fingerprint density at radius 1 is 1.17 bits per heavy atom. The van der Waals surface area contributed by atoms with Crippen LogP contribution in [0.3, 0.4) is 0 Å².